The first-order valence-corrected chi connectivity index (χ1v) is 5.22. The summed E-state index contributed by atoms with van der Waals surface area (Å²) < 4.78 is 5.50. The van der Waals surface area contributed by atoms with Crippen LogP contribution < -0.4 is 5.32 Å². The van der Waals surface area contributed by atoms with Gasteiger partial charge in [0.25, 0.3) is 0 Å². The van der Waals surface area contributed by atoms with Crippen LogP contribution in [0.2, 0.25) is 0 Å². The van der Waals surface area contributed by atoms with E-state index in [2.05, 4.69) is 12.2 Å². The van der Waals surface area contributed by atoms with Crippen LogP contribution in [-0.4, -0.2) is 17.8 Å². The fourth-order valence-corrected chi connectivity index (χ4v) is 1.21. The SMILES string of the molecule is CCc1ccc(CNCC(O)CC)o1. The molecule has 14 heavy (non-hydrogen) atoms. The minimum absolute atomic E-state index is 0.254. The van der Waals surface area contributed by atoms with Gasteiger partial charge in [-0.15, -0.1) is 0 Å². The Balaban J connectivity index is 2.24. The quantitative estimate of drug-likeness (QED) is 0.729. The topological polar surface area (TPSA) is 45.4 Å². The summed E-state index contributed by atoms with van der Waals surface area (Å²) in [5.41, 5.74) is 0. The van der Waals surface area contributed by atoms with Crippen LogP contribution in [-0.2, 0) is 13.0 Å². The van der Waals surface area contributed by atoms with E-state index in [-0.39, 0.29) is 6.10 Å². The second kappa shape index (κ2) is 5.83. The summed E-state index contributed by atoms with van der Waals surface area (Å²) in [5.74, 6) is 1.95. The zero-order valence-electron chi connectivity index (χ0n) is 8.92. The van der Waals surface area contributed by atoms with Gasteiger partial charge < -0.3 is 14.8 Å². The van der Waals surface area contributed by atoms with Crippen molar-refractivity contribution in [2.24, 2.45) is 0 Å². The first kappa shape index (κ1) is 11.3. The average Bonchev–Trinajstić information content (AvgIpc) is 2.65. The number of furan rings is 1. The van der Waals surface area contributed by atoms with Gasteiger partial charge in [0.1, 0.15) is 11.5 Å². The van der Waals surface area contributed by atoms with Crippen molar-refractivity contribution in [3.8, 4) is 0 Å². The Morgan fingerprint density at radius 3 is 2.64 bits per heavy atom. The van der Waals surface area contributed by atoms with Gasteiger partial charge in [-0.3, -0.25) is 0 Å². The molecule has 80 valence electrons. The lowest BCUT2D eigenvalue weighted by atomic mass is 10.3. The number of aliphatic hydroxyl groups excluding tert-OH is 1. The number of aliphatic hydroxyl groups is 1. The Morgan fingerprint density at radius 1 is 1.36 bits per heavy atom. The highest BCUT2D eigenvalue weighted by Crippen LogP contribution is 2.07. The third kappa shape index (κ3) is 3.52. The summed E-state index contributed by atoms with van der Waals surface area (Å²) in [6, 6.07) is 3.97. The standard InChI is InChI=1S/C11H19NO2/c1-3-9(13)7-12-8-11-6-5-10(4-2)14-11/h5-6,9,12-13H,3-4,7-8H2,1-2H3. The molecule has 0 aliphatic heterocycles. The van der Waals surface area contributed by atoms with E-state index in [0.29, 0.717) is 13.1 Å². The van der Waals surface area contributed by atoms with Crippen LogP contribution in [0, 0.1) is 0 Å². The van der Waals surface area contributed by atoms with Gasteiger partial charge in [-0.25, -0.2) is 0 Å². The molecule has 1 unspecified atom stereocenters. The Labute approximate surface area is 85.1 Å². The van der Waals surface area contributed by atoms with Crippen molar-refractivity contribution < 1.29 is 9.52 Å². The second-order valence-corrected chi connectivity index (χ2v) is 3.41. The van der Waals surface area contributed by atoms with Gasteiger partial charge in [0.15, 0.2) is 0 Å². The zero-order chi connectivity index (χ0) is 10.4. The lowest BCUT2D eigenvalue weighted by Crippen LogP contribution is -2.25. The van der Waals surface area contributed by atoms with Crippen LogP contribution in [0.4, 0.5) is 0 Å². The number of aryl methyl sites for hydroxylation is 1. The third-order valence-corrected chi connectivity index (χ3v) is 2.22. The molecule has 0 saturated carbocycles. The molecule has 1 aromatic heterocycles. The maximum Gasteiger partial charge on any atom is 0.117 e. The van der Waals surface area contributed by atoms with Crippen molar-refractivity contribution >= 4 is 0 Å². The first-order valence-electron chi connectivity index (χ1n) is 5.22. The predicted octanol–water partition coefficient (Wildman–Crippen LogP) is 1.70. The monoisotopic (exact) mass is 197 g/mol. The number of rotatable bonds is 6. The van der Waals surface area contributed by atoms with Crippen LogP contribution in [0.1, 0.15) is 31.8 Å². The lowest BCUT2D eigenvalue weighted by molar-refractivity contribution is 0.166. The van der Waals surface area contributed by atoms with Gasteiger partial charge in [-0.1, -0.05) is 13.8 Å². The smallest absolute Gasteiger partial charge is 0.117 e. The van der Waals surface area contributed by atoms with Crippen molar-refractivity contribution in [3.05, 3.63) is 23.7 Å². The minimum Gasteiger partial charge on any atom is -0.465 e. The summed E-state index contributed by atoms with van der Waals surface area (Å²) in [6.07, 6.45) is 1.46. The largest absolute Gasteiger partial charge is 0.465 e. The fraction of sp³-hybridized carbons (Fsp3) is 0.636. The molecule has 3 heteroatoms. The molecule has 1 atom stereocenters. The molecule has 0 saturated heterocycles. The number of hydrogen-bond acceptors (Lipinski definition) is 3. The Morgan fingerprint density at radius 2 is 2.07 bits per heavy atom. The van der Waals surface area contributed by atoms with E-state index in [1.54, 1.807) is 0 Å². The summed E-state index contributed by atoms with van der Waals surface area (Å²) in [6.45, 7) is 5.35. The summed E-state index contributed by atoms with van der Waals surface area (Å²) >= 11 is 0. The van der Waals surface area contributed by atoms with Gasteiger partial charge in [-0.2, -0.15) is 0 Å². The molecule has 1 rings (SSSR count). The van der Waals surface area contributed by atoms with Gasteiger partial charge >= 0.3 is 0 Å². The molecule has 0 aliphatic carbocycles. The van der Waals surface area contributed by atoms with E-state index in [1.165, 1.54) is 0 Å². The Bertz CT molecular complexity index is 258. The molecular weight excluding hydrogens is 178 g/mol. The Hall–Kier alpha value is -0.800. The van der Waals surface area contributed by atoms with Gasteiger partial charge in [0, 0.05) is 13.0 Å². The predicted molar refractivity (Wildman–Crippen MR) is 56.1 cm³/mol. The molecule has 2 N–H and O–H groups in total. The first-order chi connectivity index (χ1) is 6.76. The maximum absolute atomic E-state index is 9.29. The highest BCUT2D eigenvalue weighted by Gasteiger charge is 2.02. The Kier molecular flexibility index (Phi) is 4.70. The number of nitrogens with one attached hydrogen (secondary N) is 1. The van der Waals surface area contributed by atoms with E-state index < -0.39 is 0 Å². The van der Waals surface area contributed by atoms with E-state index in [1.807, 2.05) is 19.1 Å². The molecule has 0 amide bonds. The summed E-state index contributed by atoms with van der Waals surface area (Å²) in [4.78, 5) is 0. The van der Waals surface area contributed by atoms with Gasteiger partial charge in [0.05, 0.1) is 12.6 Å². The highest BCUT2D eigenvalue weighted by atomic mass is 16.3. The van der Waals surface area contributed by atoms with Crippen molar-refractivity contribution in [2.45, 2.75) is 39.3 Å². The molecule has 0 spiro atoms. The van der Waals surface area contributed by atoms with Crippen LogP contribution >= 0.6 is 0 Å². The summed E-state index contributed by atoms with van der Waals surface area (Å²) in [5, 5.41) is 12.4. The van der Waals surface area contributed by atoms with Crippen molar-refractivity contribution in [1.82, 2.24) is 5.32 Å². The normalized spacial score (nSPS) is 13.1. The van der Waals surface area contributed by atoms with E-state index in [0.717, 1.165) is 24.4 Å². The second-order valence-electron chi connectivity index (χ2n) is 3.41. The van der Waals surface area contributed by atoms with Crippen LogP contribution in [0.3, 0.4) is 0 Å². The average molecular weight is 197 g/mol. The molecule has 0 bridgehead atoms. The van der Waals surface area contributed by atoms with Gasteiger partial charge in [0.2, 0.25) is 0 Å². The minimum atomic E-state index is -0.254. The third-order valence-electron chi connectivity index (χ3n) is 2.22. The lowest BCUT2D eigenvalue weighted by Gasteiger charge is -2.07. The van der Waals surface area contributed by atoms with Crippen LogP contribution in [0.25, 0.3) is 0 Å². The highest BCUT2D eigenvalue weighted by molar-refractivity contribution is 5.06. The van der Waals surface area contributed by atoms with Crippen LogP contribution in [0.5, 0.6) is 0 Å². The molecule has 0 aromatic carbocycles. The molecule has 3 nitrogen and oxygen atoms in total. The zero-order valence-corrected chi connectivity index (χ0v) is 8.92. The van der Waals surface area contributed by atoms with E-state index in [4.69, 9.17) is 4.42 Å². The maximum atomic E-state index is 9.29. The summed E-state index contributed by atoms with van der Waals surface area (Å²) in [7, 11) is 0. The van der Waals surface area contributed by atoms with E-state index in [9.17, 15) is 5.11 Å². The van der Waals surface area contributed by atoms with E-state index >= 15 is 0 Å². The molecule has 0 aliphatic rings. The molecule has 0 fully saturated rings. The molecule has 1 heterocycles. The number of hydrogen-bond donors (Lipinski definition) is 2. The van der Waals surface area contributed by atoms with Crippen LogP contribution in [0.15, 0.2) is 16.5 Å². The van der Waals surface area contributed by atoms with Crippen molar-refractivity contribution in [3.63, 3.8) is 0 Å². The van der Waals surface area contributed by atoms with Crippen molar-refractivity contribution in [2.75, 3.05) is 6.54 Å². The van der Waals surface area contributed by atoms with Gasteiger partial charge in [-0.05, 0) is 18.6 Å². The molecule has 1 aromatic rings. The fourth-order valence-electron chi connectivity index (χ4n) is 1.21. The molecular formula is C11H19NO2. The van der Waals surface area contributed by atoms with Crippen molar-refractivity contribution in [1.29, 1.82) is 0 Å². The molecule has 0 radical (unpaired) electrons.